The van der Waals surface area contributed by atoms with Crippen LogP contribution in [-0.2, 0) is 4.84 Å². The second-order valence-corrected chi connectivity index (χ2v) is 3.99. The Morgan fingerprint density at radius 3 is 2.75 bits per heavy atom. The van der Waals surface area contributed by atoms with E-state index in [1.54, 1.807) is 0 Å². The molecule has 0 amide bonds. The van der Waals surface area contributed by atoms with E-state index in [0.717, 1.165) is 13.0 Å². The summed E-state index contributed by atoms with van der Waals surface area (Å²) >= 11 is 0. The standard InChI is InChI=1S/C9H18N2O/c1-7(2)8-5-9(3,6-10-4)12-11-8/h7,10H,5-6H2,1-4H3/t9-/m1/s1. The van der Waals surface area contributed by atoms with Gasteiger partial charge in [-0.05, 0) is 19.9 Å². The predicted octanol–water partition coefficient (Wildman–Crippen LogP) is 1.40. The highest BCUT2D eigenvalue weighted by Gasteiger charge is 2.34. The minimum atomic E-state index is -0.117. The topological polar surface area (TPSA) is 33.6 Å². The normalized spacial score (nSPS) is 28.9. The number of likely N-dealkylation sites (N-methyl/N-ethyl adjacent to an activating group) is 1. The third kappa shape index (κ3) is 1.97. The highest BCUT2D eigenvalue weighted by atomic mass is 16.7. The molecule has 70 valence electrons. The van der Waals surface area contributed by atoms with Crippen molar-refractivity contribution in [3.63, 3.8) is 0 Å². The molecule has 0 spiro atoms. The van der Waals surface area contributed by atoms with Crippen molar-refractivity contribution in [3.05, 3.63) is 0 Å². The van der Waals surface area contributed by atoms with Gasteiger partial charge in [-0.15, -0.1) is 0 Å². The monoisotopic (exact) mass is 170 g/mol. The molecule has 1 aliphatic rings. The molecule has 1 rings (SSSR count). The molecule has 1 atom stereocenters. The first kappa shape index (κ1) is 9.52. The molecule has 0 radical (unpaired) electrons. The van der Waals surface area contributed by atoms with Gasteiger partial charge in [-0.25, -0.2) is 0 Å². The van der Waals surface area contributed by atoms with Crippen LogP contribution in [0.25, 0.3) is 0 Å². The first-order valence-corrected chi connectivity index (χ1v) is 4.47. The molecule has 0 bridgehead atoms. The zero-order valence-electron chi connectivity index (χ0n) is 8.35. The van der Waals surface area contributed by atoms with Gasteiger partial charge in [0.2, 0.25) is 0 Å². The number of nitrogens with one attached hydrogen (secondary N) is 1. The molecule has 0 aliphatic carbocycles. The van der Waals surface area contributed by atoms with Crippen LogP contribution in [0, 0.1) is 5.92 Å². The van der Waals surface area contributed by atoms with Gasteiger partial charge < -0.3 is 10.2 Å². The lowest BCUT2D eigenvalue weighted by atomic mass is 9.94. The molecule has 0 aromatic heterocycles. The number of rotatable bonds is 3. The van der Waals surface area contributed by atoms with Gasteiger partial charge in [0.1, 0.15) is 0 Å². The van der Waals surface area contributed by atoms with Crippen molar-refractivity contribution in [1.29, 1.82) is 0 Å². The van der Waals surface area contributed by atoms with Crippen molar-refractivity contribution in [2.45, 2.75) is 32.8 Å². The second-order valence-electron chi connectivity index (χ2n) is 3.99. The number of hydrogen-bond donors (Lipinski definition) is 1. The molecule has 0 aromatic rings. The Labute approximate surface area is 74.2 Å². The quantitative estimate of drug-likeness (QED) is 0.694. The molecule has 0 saturated carbocycles. The lowest BCUT2D eigenvalue weighted by Crippen LogP contribution is -2.36. The minimum Gasteiger partial charge on any atom is -0.388 e. The summed E-state index contributed by atoms with van der Waals surface area (Å²) in [5, 5.41) is 7.19. The molecule has 12 heavy (non-hydrogen) atoms. The SMILES string of the molecule is CNC[C@@]1(C)CC(C(C)C)=NO1. The van der Waals surface area contributed by atoms with Gasteiger partial charge in [-0.3, -0.25) is 0 Å². The third-order valence-electron chi connectivity index (χ3n) is 2.16. The number of hydrogen-bond acceptors (Lipinski definition) is 3. The first-order chi connectivity index (χ1) is 5.57. The fourth-order valence-electron chi connectivity index (χ4n) is 1.39. The smallest absolute Gasteiger partial charge is 0.152 e. The van der Waals surface area contributed by atoms with Crippen molar-refractivity contribution in [1.82, 2.24) is 5.32 Å². The molecule has 0 unspecified atom stereocenters. The van der Waals surface area contributed by atoms with Crippen molar-refractivity contribution >= 4 is 5.71 Å². The van der Waals surface area contributed by atoms with Gasteiger partial charge in [0.15, 0.2) is 5.60 Å². The van der Waals surface area contributed by atoms with Crippen LogP contribution in [0.3, 0.4) is 0 Å². The summed E-state index contributed by atoms with van der Waals surface area (Å²) in [5.74, 6) is 0.503. The zero-order chi connectivity index (χ0) is 9.19. The molecular formula is C9H18N2O. The summed E-state index contributed by atoms with van der Waals surface area (Å²) < 4.78 is 0. The highest BCUT2D eigenvalue weighted by molar-refractivity contribution is 5.87. The summed E-state index contributed by atoms with van der Waals surface area (Å²) in [5.41, 5.74) is 1.06. The van der Waals surface area contributed by atoms with Crippen LogP contribution in [0.4, 0.5) is 0 Å². The Morgan fingerprint density at radius 2 is 2.33 bits per heavy atom. The predicted molar refractivity (Wildman–Crippen MR) is 50.3 cm³/mol. The molecule has 1 aliphatic heterocycles. The van der Waals surface area contributed by atoms with Crippen LogP contribution < -0.4 is 5.32 Å². The lowest BCUT2D eigenvalue weighted by Gasteiger charge is -2.20. The summed E-state index contributed by atoms with van der Waals surface area (Å²) in [6, 6.07) is 0. The van der Waals surface area contributed by atoms with Crippen molar-refractivity contribution in [2.75, 3.05) is 13.6 Å². The second kappa shape index (κ2) is 3.44. The van der Waals surface area contributed by atoms with Crippen LogP contribution >= 0.6 is 0 Å². The molecule has 3 heteroatoms. The minimum absolute atomic E-state index is 0.117. The van der Waals surface area contributed by atoms with Crippen LogP contribution in [0.2, 0.25) is 0 Å². The molecular weight excluding hydrogens is 152 g/mol. The Bertz CT molecular complexity index is 189. The van der Waals surface area contributed by atoms with Crippen molar-refractivity contribution < 1.29 is 4.84 Å². The fraction of sp³-hybridized carbons (Fsp3) is 0.889. The van der Waals surface area contributed by atoms with E-state index < -0.39 is 0 Å². The summed E-state index contributed by atoms with van der Waals surface area (Å²) in [6.07, 6.45) is 0.950. The molecule has 1 N–H and O–H groups in total. The Hall–Kier alpha value is -0.570. The Morgan fingerprint density at radius 1 is 1.67 bits per heavy atom. The summed E-state index contributed by atoms with van der Waals surface area (Å²) in [4.78, 5) is 5.38. The average molecular weight is 170 g/mol. The third-order valence-corrected chi connectivity index (χ3v) is 2.16. The molecule has 0 saturated heterocycles. The van der Waals surface area contributed by atoms with Gasteiger partial charge in [-0.2, -0.15) is 0 Å². The fourth-order valence-corrected chi connectivity index (χ4v) is 1.39. The van der Waals surface area contributed by atoms with E-state index >= 15 is 0 Å². The number of oxime groups is 1. The summed E-state index contributed by atoms with van der Waals surface area (Å²) in [7, 11) is 1.93. The van der Waals surface area contributed by atoms with E-state index in [0.29, 0.717) is 5.92 Å². The van der Waals surface area contributed by atoms with Crippen LogP contribution in [0.1, 0.15) is 27.2 Å². The highest BCUT2D eigenvalue weighted by Crippen LogP contribution is 2.25. The van der Waals surface area contributed by atoms with Crippen molar-refractivity contribution in [3.8, 4) is 0 Å². The Balaban J connectivity index is 2.50. The van der Waals surface area contributed by atoms with E-state index in [4.69, 9.17) is 4.84 Å². The van der Waals surface area contributed by atoms with Crippen molar-refractivity contribution in [2.24, 2.45) is 11.1 Å². The maximum atomic E-state index is 5.38. The van der Waals surface area contributed by atoms with E-state index in [1.807, 2.05) is 7.05 Å². The van der Waals surface area contributed by atoms with Gasteiger partial charge in [-0.1, -0.05) is 19.0 Å². The molecule has 1 heterocycles. The lowest BCUT2D eigenvalue weighted by molar-refractivity contribution is -0.000966. The Kier molecular flexibility index (Phi) is 2.73. The van der Waals surface area contributed by atoms with Crippen LogP contribution in [0.5, 0.6) is 0 Å². The van der Waals surface area contributed by atoms with E-state index in [9.17, 15) is 0 Å². The van der Waals surface area contributed by atoms with Gasteiger partial charge in [0, 0.05) is 13.0 Å². The van der Waals surface area contributed by atoms with Crippen LogP contribution in [-0.4, -0.2) is 24.9 Å². The van der Waals surface area contributed by atoms with Crippen LogP contribution in [0.15, 0.2) is 5.16 Å². The van der Waals surface area contributed by atoms with E-state index in [2.05, 4.69) is 31.2 Å². The van der Waals surface area contributed by atoms with Gasteiger partial charge in [0.25, 0.3) is 0 Å². The summed E-state index contributed by atoms with van der Waals surface area (Å²) in [6.45, 7) is 7.23. The van der Waals surface area contributed by atoms with Gasteiger partial charge >= 0.3 is 0 Å². The maximum Gasteiger partial charge on any atom is 0.152 e. The average Bonchev–Trinajstić information content (AvgIpc) is 2.33. The van der Waals surface area contributed by atoms with E-state index in [-0.39, 0.29) is 5.60 Å². The molecule has 0 fully saturated rings. The molecule has 3 nitrogen and oxygen atoms in total. The zero-order valence-corrected chi connectivity index (χ0v) is 8.35. The molecule has 0 aromatic carbocycles. The van der Waals surface area contributed by atoms with Gasteiger partial charge in [0.05, 0.1) is 5.71 Å². The first-order valence-electron chi connectivity index (χ1n) is 4.47. The number of nitrogens with zero attached hydrogens (tertiary/aromatic N) is 1. The largest absolute Gasteiger partial charge is 0.388 e. The maximum absolute atomic E-state index is 5.38. The van der Waals surface area contributed by atoms with E-state index in [1.165, 1.54) is 5.71 Å².